The number of pyridine rings is 1. The van der Waals surface area contributed by atoms with Crippen molar-refractivity contribution < 1.29 is 14.3 Å². The van der Waals surface area contributed by atoms with Gasteiger partial charge in [0.2, 0.25) is 5.95 Å². The van der Waals surface area contributed by atoms with Crippen molar-refractivity contribution in [2.24, 2.45) is 5.41 Å². The molecule has 1 aromatic carbocycles. The number of amides is 1. The Hall–Kier alpha value is -3.37. The summed E-state index contributed by atoms with van der Waals surface area (Å²) in [6.07, 6.45) is 9.03. The van der Waals surface area contributed by atoms with Gasteiger partial charge in [-0.05, 0) is 58.7 Å². The van der Waals surface area contributed by atoms with E-state index in [0.29, 0.717) is 13.2 Å². The van der Waals surface area contributed by atoms with Crippen LogP contribution in [0.15, 0.2) is 64.9 Å². The first-order valence-corrected chi connectivity index (χ1v) is 14.2. The van der Waals surface area contributed by atoms with Crippen LogP contribution in [0.1, 0.15) is 40.5 Å². The van der Waals surface area contributed by atoms with Crippen LogP contribution in [0.5, 0.6) is 0 Å². The van der Waals surface area contributed by atoms with E-state index in [1.165, 1.54) is 0 Å². The first-order chi connectivity index (χ1) is 18.7. The molecule has 1 N–H and O–H groups in total. The zero-order valence-electron chi connectivity index (χ0n) is 22.8. The molecule has 2 aliphatic heterocycles. The van der Waals surface area contributed by atoms with Gasteiger partial charge in [-0.25, -0.2) is 14.8 Å². The lowest BCUT2D eigenvalue weighted by Gasteiger charge is -2.45. The minimum absolute atomic E-state index is 0.126. The third-order valence-corrected chi connectivity index (χ3v) is 8.63. The van der Waals surface area contributed by atoms with E-state index in [2.05, 4.69) is 39.2 Å². The summed E-state index contributed by atoms with van der Waals surface area (Å²) < 4.78 is 13.7. The number of hydrogen-bond donors (Lipinski definition) is 1. The molecule has 4 aromatic rings. The summed E-state index contributed by atoms with van der Waals surface area (Å²) in [7, 11) is 0. The van der Waals surface area contributed by atoms with Crippen LogP contribution in [0.25, 0.3) is 16.6 Å². The lowest BCUT2D eigenvalue weighted by Crippen LogP contribution is -2.60. The third kappa shape index (κ3) is 5.15. The van der Waals surface area contributed by atoms with Crippen molar-refractivity contribution in [1.82, 2.24) is 24.7 Å². The highest BCUT2D eigenvalue weighted by Crippen LogP contribution is 2.43. The van der Waals surface area contributed by atoms with Gasteiger partial charge >= 0.3 is 6.09 Å². The second kappa shape index (κ2) is 9.98. The standard InChI is InChI=1S/C29H34N6O3S/c1-19-15-29(18-37-19)10-13-34(17-24(29)33-27(36)38-28(2,3)4)26-32-16-23(25-31-12-14-35(25)26)39-22-9-5-8-21-20(22)7-6-11-30-21/h5-9,11-12,14,16,19,24H,10,13,15,17-18H2,1-4H3,(H,33,36)/t19-,24?,29?/m0/s1. The fourth-order valence-electron chi connectivity index (χ4n) is 5.76. The number of alkyl carbamates (subject to hydrolysis) is 1. The zero-order chi connectivity index (χ0) is 27.2. The summed E-state index contributed by atoms with van der Waals surface area (Å²) in [6, 6.07) is 10.1. The molecule has 5 heterocycles. The van der Waals surface area contributed by atoms with E-state index < -0.39 is 11.7 Å². The smallest absolute Gasteiger partial charge is 0.407 e. The Morgan fingerprint density at radius 2 is 2.03 bits per heavy atom. The van der Waals surface area contributed by atoms with Gasteiger partial charge in [-0.15, -0.1) is 0 Å². The number of nitrogens with zero attached hydrogens (tertiary/aromatic N) is 5. The zero-order valence-corrected chi connectivity index (χ0v) is 23.6. The van der Waals surface area contributed by atoms with Crippen LogP contribution < -0.4 is 10.2 Å². The molecule has 2 aliphatic rings. The van der Waals surface area contributed by atoms with Crippen LogP contribution in [0.3, 0.4) is 0 Å². The summed E-state index contributed by atoms with van der Waals surface area (Å²) in [5, 5.41) is 4.29. The average Bonchev–Trinajstić information content (AvgIpc) is 3.53. The van der Waals surface area contributed by atoms with Crippen LogP contribution in [0.4, 0.5) is 10.7 Å². The number of fused-ring (bicyclic) bond motifs is 2. The van der Waals surface area contributed by atoms with Gasteiger partial charge in [-0.2, -0.15) is 0 Å². The number of carbonyl (C=O) groups excluding carboxylic acids is 1. The van der Waals surface area contributed by atoms with E-state index in [1.807, 2.05) is 68.2 Å². The molecule has 0 radical (unpaired) electrons. The molecule has 3 atom stereocenters. The first-order valence-electron chi connectivity index (χ1n) is 13.4. The maximum absolute atomic E-state index is 12.8. The Morgan fingerprint density at radius 3 is 2.82 bits per heavy atom. The molecule has 10 heteroatoms. The topological polar surface area (TPSA) is 93.9 Å². The van der Waals surface area contributed by atoms with Gasteiger partial charge in [0.05, 0.1) is 29.2 Å². The largest absolute Gasteiger partial charge is 0.444 e. The molecular formula is C29H34N6O3S. The van der Waals surface area contributed by atoms with E-state index in [1.54, 1.807) is 11.8 Å². The Kier molecular flexibility index (Phi) is 6.63. The monoisotopic (exact) mass is 546 g/mol. The van der Waals surface area contributed by atoms with E-state index in [9.17, 15) is 4.79 Å². The third-order valence-electron chi connectivity index (χ3n) is 7.54. The lowest BCUT2D eigenvalue weighted by atomic mass is 9.73. The number of imidazole rings is 1. The molecule has 204 valence electrons. The fourth-order valence-corrected chi connectivity index (χ4v) is 6.77. The van der Waals surface area contributed by atoms with Crippen molar-refractivity contribution >= 4 is 40.4 Å². The minimum atomic E-state index is -0.566. The van der Waals surface area contributed by atoms with Gasteiger partial charge in [0, 0.05) is 53.6 Å². The molecule has 6 rings (SSSR count). The number of aromatic nitrogens is 4. The first kappa shape index (κ1) is 25.9. The highest BCUT2D eigenvalue weighted by atomic mass is 32.2. The predicted octanol–water partition coefficient (Wildman–Crippen LogP) is 5.33. The van der Waals surface area contributed by atoms with Crippen molar-refractivity contribution in [3.63, 3.8) is 0 Å². The number of benzene rings is 1. The molecule has 2 saturated heterocycles. The molecular weight excluding hydrogens is 512 g/mol. The molecule has 2 unspecified atom stereocenters. The molecule has 2 fully saturated rings. The lowest BCUT2D eigenvalue weighted by molar-refractivity contribution is 0.0385. The average molecular weight is 547 g/mol. The van der Waals surface area contributed by atoms with Crippen LogP contribution in [-0.2, 0) is 9.47 Å². The second-order valence-corrected chi connectivity index (χ2v) is 12.6. The van der Waals surface area contributed by atoms with Gasteiger partial charge in [0.25, 0.3) is 0 Å². The Balaban J connectivity index is 1.29. The van der Waals surface area contributed by atoms with Gasteiger partial charge in [-0.1, -0.05) is 23.9 Å². The summed E-state index contributed by atoms with van der Waals surface area (Å²) in [4.78, 5) is 31.3. The molecule has 3 aromatic heterocycles. The summed E-state index contributed by atoms with van der Waals surface area (Å²) in [6.45, 7) is 9.79. The van der Waals surface area contributed by atoms with E-state index in [-0.39, 0.29) is 17.6 Å². The van der Waals surface area contributed by atoms with E-state index in [0.717, 1.165) is 51.7 Å². The molecule has 0 saturated carbocycles. The quantitative estimate of drug-likeness (QED) is 0.367. The number of nitrogens with one attached hydrogen (secondary N) is 1. The highest BCUT2D eigenvalue weighted by molar-refractivity contribution is 7.99. The van der Waals surface area contributed by atoms with Crippen LogP contribution in [0.2, 0.25) is 0 Å². The number of ether oxygens (including phenoxy) is 2. The van der Waals surface area contributed by atoms with Crippen molar-refractivity contribution in [1.29, 1.82) is 0 Å². The molecule has 0 aliphatic carbocycles. The summed E-state index contributed by atoms with van der Waals surface area (Å²) in [5.74, 6) is 0.809. The van der Waals surface area contributed by atoms with Crippen molar-refractivity contribution in [3.05, 3.63) is 55.1 Å². The van der Waals surface area contributed by atoms with Gasteiger partial charge in [0.15, 0.2) is 5.65 Å². The van der Waals surface area contributed by atoms with Crippen LogP contribution in [0, 0.1) is 5.41 Å². The van der Waals surface area contributed by atoms with Crippen LogP contribution in [-0.4, -0.2) is 62.9 Å². The van der Waals surface area contributed by atoms with Crippen molar-refractivity contribution in [2.45, 2.75) is 68.1 Å². The maximum atomic E-state index is 12.8. The Labute approximate surface area is 232 Å². The summed E-state index contributed by atoms with van der Waals surface area (Å²) in [5.41, 5.74) is 1.12. The molecule has 0 bridgehead atoms. The van der Waals surface area contributed by atoms with Gasteiger partial charge in [-0.3, -0.25) is 9.38 Å². The highest BCUT2D eigenvalue weighted by Gasteiger charge is 2.49. The number of rotatable bonds is 4. The van der Waals surface area contributed by atoms with Crippen LogP contribution >= 0.6 is 11.8 Å². The van der Waals surface area contributed by atoms with Gasteiger partial charge < -0.3 is 19.7 Å². The number of piperidine rings is 1. The van der Waals surface area contributed by atoms with Gasteiger partial charge in [0.1, 0.15) is 5.60 Å². The molecule has 1 spiro atoms. The molecule has 39 heavy (non-hydrogen) atoms. The number of carbonyl (C=O) groups is 1. The summed E-state index contributed by atoms with van der Waals surface area (Å²) >= 11 is 1.64. The molecule has 9 nitrogen and oxygen atoms in total. The molecule has 1 amide bonds. The normalized spacial score (nSPS) is 23.5. The predicted molar refractivity (Wildman–Crippen MR) is 151 cm³/mol. The van der Waals surface area contributed by atoms with Crippen molar-refractivity contribution in [2.75, 3.05) is 24.6 Å². The maximum Gasteiger partial charge on any atom is 0.407 e. The fraction of sp³-hybridized carbons (Fsp3) is 0.448. The number of hydrogen-bond acceptors (Lipinski definition) is 8. The Bertz CT molecular complexity index is 1510. The van der Waals surface area contributed by atoms with Crippen molar-refractivity contribution in [3.8, 4) is 0 Å². The van der Waals surface area contributed by atoms with E-state index in [4.69, 9.17) is 14.5 Å². The second-order valence-electron chi connectivity index (χ2n) is 11.6. The number of anilines is 1. The van der Waals surface area contributed by atoms with E-state index >= 15 is 0 Å². The Morgan fingerprint density at radius 1 is 1.15 bits per heavy atom. The SMILES string of the molecule is C[C@H]1CC2(CCN(c3ncc(Sc4cccc5ncccc45)c4nccn34)CC2NC(=O)OC(C)(C)C)CO1. The minimum Gasteiger partial charge on any atom is -0.444 e.